The number of fused-ring (bicyclic) bond motifs is 1. The molecule has 6 nitrogen and oxygen atoms in total. The smallest absolute Gasteiger partial charge is 0.387 e. The standard InChI is InChI=1S/C22H21F2N3O3S/c23-22(24)30-20-8-6-17-15-21(9-7-16(17)14-20)31(28,29)25-12-10-18-11-13-27(26-18)19-4-2-1-3-5-19/h1-6,8,11,13-15,22,25H,7,9-10,12H2. The molecule has 31 heavy (non-hydrogen) atoms. The van der Waals surface area contributed by atoms with Gasteiger partial charge in [-0.3, -0.25) is 0 Å². The van der Waals surface area contributed by atoms with Gasteiger partial charge in [0.2, 0.25) is 10.0 Å². The van der Waals surface area contributed by atoms with Gasteiger partial charge in [-0.1, -0.05) is 24.3 Å². The number of aryl methyl sites for hydroxylation is 1. The molecule has 0 radical (unpaired) electrons. The third-order valence-corrected chi connectivity index (χ3v) is 6.58. The summed E-state index contributed by atoms with van der Waals surface area (Å²) in [5.41, 5.74) is 3.18. The van der Waals surface area contributed by atoms with Crippen LogP contribution in [0.2, 0.25) is 0 Å². The summed E-state index contributed by atoms with van der Waals surface area (Å²) in [6.45, 7) is -2.67. The number of benzene rings is 2. The van der Waals surface area contributed by atoms with E-state index >= 15 is 0 Å². The molecular weight excluding hydrogens is 424 g/mol. The van der Waals surface area contributed by atoms with E-state index in [0.29, 0.717) is 24.8 Å². The zero-order valence-electron chi connectivity index (χ0n) is 16.5. The highest BCUT2D eigenvalue weighted by Gasteiger charge is 2.22. The lowest BCUT2D eigenvalue weighted by atomic mass is 9.97. The Kier molecular flexibility index (Phi) is 6.15. The number of allylic oxidation sites excluding steroid dienone is 1. The van der Waals surface area contributed by atoms with E-state index in [2.05, 4.69) is 14.6 Å². The van der Waals surface area contributed by atoms with E-state index in [1.807, 2.05) is 42.6 Å². The summed E-state index contributed by atoms with van der Waals surface area (Å²) >= 11 is 0. The van der Waals surface area contributed by atoms with Crippen molar-refractivity contribution in [3.8, 4) is 11.4 Å². The van der Waals surface area contributed by atoms with Crippen LogP contribution in [0.25, 0.3) is 11.8 Å². The van der Waals surface area contributed by atoms with Crippen LogP contribution in [0, 0.1) is 0 Å². The lowest BCUT2D eigenvalue weighted by Crippen LogP contribution is -2.28. The third kappa shape index (κ3) is 5.18. The summed E-state index contributed by atoms with van der Waals surface area (Å²) in [4.78, 5) is 0.275. The number of nitrogens with zero attached hydrogens (tertiary/aromatic N) is 2. The molecular formula is C22H21F2N3O3S. The van der Waals surface area contributed by atoms with Crippen LogP contribution in [0.1, 0.15) is 23.2 Å². The Bertz CT molecular complexity index is 1190. The first-order chi connectivity index (χ1) is 14.9. The zero-order chi connectivity index (χ0) is 21.8. The second-order valence-corrected chi connectivity index (χ2v) is 8.90. The Morgan fingerprint density at radius 1 is 1.10 bits per heavy atom. The van der Waals surface area contributed by atoms with Crippen LogP contribution in [0.15, 0.2) is 65.7 Å². The molecule has 0 bridgehead atoms. The van der Waals surface area contributed by atoms with Gasteiger partial charge in [-0.15, -0.1) is 0 Å². The first kappa shape index (κ1) is 21.2. The zero-order valence-corrected chi connectivity index (χ0v) is 17.4. The minimum Gasteiger partial charge on any atom is -0.435 e. The average molecular weight is 445 g/mol. The van der Waals surface area contributed by atoms with Gasteiger partial charge < -0.3 is 4.74 Å². The molecule has 0 saturated carbocycles. The lowest BCUT2D eigenvalue weighted by Gasteiger charge is -2.18. The summed E-state index contributed by atoms with van der Waals surface area (Å²) < 4.78 is 58.9. The molecule has 9 heteroatoms. The normalized spacial score (nSPS) is 13.7. The molecule has 0 atom stereocenters. The van der Waals surface area contributed by atoms with Crippen LogP contribution < -0.4 is 9.46 Å². The number of alkyl halides is 2. The summed E-state index contributed by atoms with van der Waals surface area (Å²) in [5, 5.41) is 4.47. The number of aromatic nitrogens is 2. The number of nitrogens with one attached hydrogen (secondary N) is 1. The largest absolute Gasteiger partial charge is 0.435 e. The van der Waals surface area contributed by atoms with Gasteiger partial charge >= 0.3 is 6.61 Å². The lowest BCUT2D eigenvalue weighted by molar-refractivity contribution is -0.0498. The van der Waals surface area contributed by atoms with Gasteiger partial charge in [0.1, 0.15) is 5.75 Å². The maximum Gasteiger partial charge on any atom is 0.387 e. The monoisotopic (exact) mass is 445 g/mol. The first-order valence-electron chi connectivity index (χ1n) is 9.79. The SMILES string of the molecule is O=S(=O)(NCCc1ccn(-c2ccccc2)n1)C1=Cc2ccc(OC(F)F)cc2CC1. The quantitative estimate of drug-likeness (QED) is 0.570. The van der Waals surface area contributed by atoms with Crippen LogP contribution in [-0.4, -0.2) is 31.4 Å². The molecule has 1 aliphatic carbocycles. The Labute approximate surface area is 179 Å². The molecule has 1 N–H and O–H groups in total. The van der Waals surface area contributed by atoms with E-state index in [1.54, 1.807) is 16.8 Å². The summed E-state index contributed by atoms with van der Waals surface area (Å²) in [7, 11) is -3.65. The van der Waals surface area contributed by atoms with Crippen LogP contribution in [-0.2, 0) is 22.9 Å². The van der Waals surface area contributed by atoms with Gasteiger partial charge in [0.15, 0.2) is 0 Å². The maximum absolute atomic E-state index is 12.7. The van der Waals surface area contributed by atoms with Crippen LogP contribution in [0.4, 0.5) is 8.78 Å². The number of rotatable bonds is 8. The van der Waals surface area contributed by atoms with Crippen molar-refractivity contribution in [2.45, 2.75) is 25.9 Å². The molecule has 0 saturated heterocycles. The number of sulfonamides is 1. The fraction of sp³-hybridized carbons (Fsp3) is 0.227. The fourth-order valence-electron chi connectivity index (χ4n) is 3.46. The van der Waals surface area contributed by atoms with Crippen molar-refractivity contribution in [3.63, 3.8) is 0 Å². The fourth-order valence-corrected chi connectivity index (χ4v) is 4.67. The number of ether oxygens (including phenoxy) is 1. The highest BCUT2D eigenvalue weighted by molar-refractivity contribution is 7.93. The van der Waals surface area contributed by atoms with E-state index in [9.17, 15) is 17.2 Å². The number of hydrogen-bond acceptors (Lipinski definition) is 4. The van der Waals surface area contributed by atoms with Gasteiger partial charge in [-0.2, -0.15) is 13.9 Å². The number of halogens is 2. The minimum atomic E-state index is -3.65. The van der Waals surface area contributed by atoms with E-state index in [4.69, 9.17) is 0 Å². The molecule has 2 aromatic carbocycles. The third-order valence-electron chi connectivity index (χ3n) is 4.98. The molecule has 3 aromatic rings. The maximum atomic E-state index is 12.7. The number of para-hydroxylation sites is 1. The molecule has 0 fully saturated rings. The van der Waals surface area contributed by atoms with Gasteiger partial charge in [0, 0.05) is 19.2 Å². The molecule has 0 unspecified atom stereocenters. The second kappa shape index (κ2) is 8.99. The van der Waals surface area contributed by atoms with Gasteiger partial charge in [-0.05, 0) is 60.4 Å². The van der Waals surface area contributed by atoms with Gasteiger partial charge in [0.05, 0.1) is 16.3 Å². The van der Waals surface area contributed by atoms with Crippen molar-refractivity contribution >= 4 is 16.1 Å². The molecule has 0 aliphatic heterocycles. The molecule has 1 aliphatic rings. The van der Waals surface area contributed by atoms with Gasteiger partial charge in [0.25, 0.3) is 0 Å². The van der Waals surface area contributed by atoms with Crippen LogP contribution >= 0.6 is 0 Å². The van der Waals surface area contributed by atoms with Crippen molar-refractivity contribution in [2.75, 3.05) is 6.54 Å². The van der Waals surface area contributed by atoms with Crippen molar-refractivity contribution in [3.05, 3.63) is 82.5 Å². The predicted molar refractivity (Wildman–Crippen MR) is 114 cm³/mol. The van der Waals surface area contributed by atoms with Crippen molar-refractivity contribution in [1.29, 1.82) is 0 Å². The average Bonchev–Trinajstić information content (AvgIpc) is 3.22. The van der Waals surface area contributed by atoms with Crippen molar-refractivity contribution in [1.82, 2.24) is 14.5 Å². The molecule has 162 valence electrons. The van der Waals surface area contributed by atoms with Gasteiger partial charge in [-0.25, -0.2) is 17.8 Å². The molecule has 1 aromatic heterocycles. The molecule has 4 rings (SSSR count). The summed E-state index contributed by atoms with van der Waals surface area (Å²) in [6, 6.07) is 16.0. The van der Waals surface area contributed by atoms with E-state index in [-0.39, 0.29) is 17.2 Å². The Morgan fingerprint density at radius 3 is 2.68 bits per heavy atom. The van der Waals surface area contributed by atoms with E-state index in [0.717, 1.165) is 16.9 Å². The highest BCUT2D eigenvalue weighted by atomic mass is 32.2. The van der Waals surface area contributed by atoms with Crippen LogP contribution in [0.5, 0.6) is 5.75 Å². The highest BCUT2D eigenvalue weighted by Crippen LogP contribution is 2.30. The number of hydrogen-bond donors (Lipinski definition) is 1. The molecule has 0 spiro atoms. The van der Waals surface area contributed by atoms with Crippen LogP contribution in [0.3, 0.4) is 0 Å². The Balaban J connectivity index is 1.38. The van der Waals surface area contributed by atoms with Crippen molar-refractivity contribution in [2.24, 2.45) is 0 Å². The molecule has 1 heterocycles. The topological polar surface area (TPSA) is 73.2 Å². The predicted octanol–water partition coefficient (Wildman–Crippen LogP) is 3.92. The minimum absolute atomic E-state index is 0.0709. The molecule has 0 amide bonds. The van der Waals surface area contributed by atoms with E-state index < -0.39 is 16.6 Å². The summed E-state index contributed by atoms with van der Waals surface area (Å²) in [5.74, 6) is 0.0709. The Hall–Kier alpha value is -3.04. The van der Waals surface area contributed by atoms with E-state index in [1.165, 1.54) is 12.1 Å². The first-order valence-corrected chi connectivity index (χ1v) is 11.3. The second-order valence-electron chi connectivity index (χ2n) is 7.08. The van der Waals surface area contributed by atoms with Crippen molar-refractivity contribution < 1.29 is 21.9 Å². The Morgan fingerprint density at radius 2 is 1.90 bits per heavy atom. The summed E-state index contributed by atoms with van der Waals surface area (Å²) in [6.07, 6.45) is 4.60.